The minimum absolute atomic E-state index is 0.193. The molecule has 0 aromatic carbocycles. The van der Waals surface area contributed by atoms with Crippen LogP contribution in [0.5, 0.6) is 0 Å². The molecule has 3 heteroatoms. The van der Waals surface area contributed by atoms with Crippen LogP contribution in [0, 0.1) is 26.7 Å². The van der Waals surface area contributed by atoms with Gasteiger partial charge >= 0.3 is 5.97 Å². The van der Waals surface area contributed by atoms with E-state index < -0.39 is 0 Å². The maximum Gasteiger partial charge on any atom is 0.302 e. The van der Waals surface area contributed by atoms with Gasteiger partial charge in [-0.15, -0.1) is 0 Å². The van der Waals surface area contributed by atoms with E-state index in [1.807, 2.05) is 6.92 Å². The topological polar surface area (TPSA) is 39.2 Å². The van der Waals surface area contributed by atoms with Gasteiger partial charge in [0.1, 0.15) is 0 Å². The zero-order chi connectivity index (χ0) is 14.4. The monoisotopic (exact) mass is 263 g/mol. The van der Waals surface area contributed by atoms with Crippen molar-refractivity contribution in [2.75, 3.05) is 6.61 Å². The predicted molar refractivity (Wildman–Crippen MR) is 77.2 cm³/mol. The van der Waals surface area contributed by atoms with Crippen molar-refractivity contribution in [1.29, 1.82) is 0 Å². The number of nitrogens with zero attached hydrogens (tertiary/aromatic N) is 1. The minimum Gasteiger partial charge on any atom is -0.466 e. The van der Waals surface area contributed by atoms with Gasteiger partial charge in [-0.2, -0.15) is 0 Å². The molecule has 1 heterocycles. The molecule has 1 rings (SSSR count). The number of pyridine rings is 1. The van der Waals surface area contributed by atoms with E-state index in [1.165, 1.54) is 18.1 Å². The van der Waals surface area contributed by atoms with E-state index in [4.69, 9.17) is 4.74 Å². The van der Waals surface area contributed by atoms with E-state index >= 15 is 0 Å². The summed E-state index contributed by atoms with van der Waals surface area (Å²) in [5.41, 5.74) is 4.92. The van der Waals surface area contributed by atoms with Crippen LogP contribution in [-0.4, -0.2) is 17.6 Å². The maximum atomic E-state index is 10.7. The molecule has 0 N–H and O–H groups in total. The van der Waals surface area contributed by atoms with Gasteiger partial charge in [0, 0.05) is 18.3 Å². The summed E-state index contributed by atoms with van der Waals surface area (Å²) in [7, 11) is 0. The van der Waals surface area contributed by atoms with Crippen LogP contribution in [0.25, 0.3) is 0 Å². The second kappa shape index (κ2) is 7.27. The average Bonchev–Trinajstić information content (AvgIpc) is 2.26. The zero-order valence-corrected chi connectivity index (χ0v) is 12.7. The summed E-state index contributed by atoms with van der Waals surface area (Å²) in [6.45, 7) is 10.5. The third-order valence-corrected chi connectivity index (χ3v) is 3.49. The Labute approximate surface area is 116 Å². The fraction of sp³-hybridized carbons (Fsp3) is 0.625. The van der Waals surface area contributed by atoms with Gasteiger partial charge in [0.25, 0.3) is 0 Å². The van der Waals surface area contributed by atoms with Gasteiger partial charge in [0.2, 0.25) is 0 Å². The Bertz CT molecular complexity index is 417. The van der Waals surface area contributed by atoms with Crippen LogP contribution >= 0.6 is 0 Å². The summed E-state index contributed by atoms with van der Waals surface area (Å²) in [5, 5.41) is 0. The van der Waals surface area contributed by atoms with Crippen molar-refractivity contribution < 1.29 is 9.53 Å². The smallest absolute Gasteiger partial charge is 0.302 e. The van der Waals surface area contributed by atoms with Crippen molar-refractivity contribution in [2.45, 2.75) is 53.9 Å². The molecule has 0 aliphatic rings. The van der Waals surface area contributed by atoms with Crippen LogP contribution in [0.1, 0.15) is 49.2 Å². The lowest BCUT2D eigenvalue weighted by Gasteiger charge is -2.14. The van der Waals surface area contributed by atoms with Crippen LogP contribution in [0.4, 0.5) is 0 Å². The molecular formula is C16H25NO2. The number of hydrogen-bond donors (Lipinski definition) is 0. The Morgan fingerprint density at radius 2 is 2.00 bits per heavy atom. The van der Waals surface area contributed by atoms with Crippen molar-refractivity contribution in [3.63, 3.8) is 0 Å². The number of carbonyl (C=O) groups excluding carboxylic acids is 1. The molecule has 1 unspecified atom stereocenters. The van der Waals surface area contributed by atoms with E-state index in [0.29, 0.717) is 12.5 Å². The highest BCUT2D eigenvalue weighted by Gasteiger charge is 2.09. The lowest BCUT2D eigenvalue weighted by atomic mass is 9.95. The molecular weight excluding hydrogens is 238 g/mol. The van der Waals surface area contributed by atoms with Crippen molar-refractivity contribution in [1.82, 2.24) is 4.98 Å². The number of esters is 1. The third kappa shape index (κ3) is 5.41. The summed E-state index contributed by atoms with van der Waals surface area (Å²) < 4.78 is 4.98. The average molecular weight is 263 g/mol. The van der Waals surface area contributed by atoms with Crippen LogP contribution in [0.2, 0.25) is 0 Å². The number of aryl methyl sites for hydroxylation is 3. The number of ether oxygens (including phenoxy) is 1. The highest BCUT2D eigenvalue weighted by Crippen LogP contribution is 2.19. The summed E-state index contributed by atoms with van der Waals surface area (Å²) in [6.07, 6.45) is 3.08. The fourth-order valence-electron chi connectivity index (χ4n) is 2.37. The third-order valence-electron chi connectivity index (χ3n) is 3.49. The first-order valence-corrected chi connectivity index (χ1v) is 6.97. The molecule has 0 bridgehead atoms. The number of carbonyl (C=O) groups is 1. The quantitative estimate of drug-likeness (QED) is 0.737. The Balaban J connectivity index is 2.46. The Hall–Kier alpha value is -1.38. The lowest BCUT2D eigenvalue weighted by Crippen LogP contribution is -2.07. The second-order valence-electron chi connectivity index (χ2n) is 5.42. The Morgan fingerprint density at radius 1 is 1.32 bits per heavy atom. The molecule has 0 amide bonds. The summed E-state index contributed by atoms with van der Waals surface area (Å²) in [4.78, 5) is 15.2. The highest BCUT2D eigenvalue weighted by atomic mass is 16.5. The lowest BCUT2D eigenvalue weighted by molar-refractivity contribution is -0.141. The van der Waals surface area contributed by atoms with Crippen LogP contribution in [-0.2, 0) is 16.0 Å². The van der Waals surface area contributed by atoms with Crippen molar-refractivity contribution in [3.8, 4) is 0 Å². The number of hydrogen-bond acceptors (Lipinski definition) is 3. The molecule has 0 saturated heterocycles. The van der Waals surface area contributed by atoms with E-state index in [9.17, 15) is 4.79 Å². The number of rotatable bonds is 6. The van der Waals surface area contributed by atoms with Crippen molar-refractivity contribution in [2.24, 2.45) is 5.92 Å². The van der Waals surface area contributed by atoms with Crippen LogP contribution in [0.3, 0.4) is 0 Å². The summed E-state index contributed by atoms with van der Waals surface area (Å²) in [5.74, 6) is 0.362. The van der Waals surface area contributed by atoms with Gasteiger partial charge in [0.05, 0.1) is 6.61 Å². The van der Waals surface area contributed by atoms with Gasteiger partial charge < -0.3 is 4.74 Å². The molecule has 1 atom stereocenters. The molecule has 0 aliphatic carbocycles. The van der Waals surface area contributed by atoms with E-state index in [1.54, 1.807) is 0 Å². The maximum absolute atomic E-state index is 10.7. The molecule has 0 aliphatic heterocycles. The second-order valence-corrected chi connectivity index (χ2v) is 5.42. The standard InChI is InChI=1S/C16H25NO2/c1-11(8-9-19-15(5)18)6-7-16-12(2)10-13(3)17-14(16)4/h10-11H,6-9H2,1-5H3. The van der Waals surface area contributed by atoms with Crippen LogP contribution in [0.15, 0.2) is 6.07 Å². The summed E-state index contributed by atoms with van der Waals surface area (Å²) >= 11 is 0. The predicted octanol–water partition coefficient (Wildman–Crippen LogP) is 3.53. The fourth-order valence-corrected chi connectivity index (χ4v) is 2.37. The molecule has 19 heavy (non-hydrogen) atoms. The van der Waals surface area contributed by atoms with E-state index in [0.717, 1.165) is 30.7 Å². The molecule has 0 fully saturated rings. The first kappa shape index (κ1) is 15.7. The molecule has 1 aromatic rings. The van der Waals surface area contributed by atoms with Crippen LogP contribution < -0.4 is 0 Å². The Kier molecular flexibility index (Phi) is 6.00. The van der Waals surface area contributed by atoms with Crippen molar-refractivity contribution >= 4 is 5.97 Å². The minimum atomic E-state index is -0.193. The first-order chi connectivity index (χ1) is 8.90. The highest BCUT2D eigenvalue weighted by molar-refractivity contribution is 5.65. The SMILES string of the molecule is CC(=O)OCCC(C)CCc1c(C)cc(C)nc1C. The zero-order valence-electron chi connectivity index (χ0n) is 12.7. The van der Waals surface area contributed by atoms with Gasteiger partial charge in [-0.1, -0.05) is 6.92 Å². The summed E-state index contributed by atoms with van der Waals surface area (Å²) in [6, 6.07) is 2.14. The Morgan fingerprint density at radius 3 is 2.58 bits per heavy atom. The van der Waals surface area contributed by atoms with Gasteiger partial charge in [0.15, 0.2) is 0 Å². The largest absolute Gasteiger partial charge is 0.466 e. The van der Waals surface area contributed by atoms with Gasteiger partial charge in [-0.25, -0.2) is 0 Å². The van der Waals surface area contributed by atoms with E-state index in [-0.39, 0.29) is 5.97 Å². The molecule has 106 valence electrons. The van der Waals surface area contributed by atoms with Crippen molar-refractivity contribution in [3.05, 3.63) is 28.6 Å². The van der Waals surface area contributed by atoms with E-state index in [2.05, 4.69) is 31.8 Å². The molecule has 0 saturated carbocycles. The number of aromatic nitrogens is 1. The van der Waals surface area contributed by atoms with Gasteiger partial charge in [-0.05, 0) is 63.1 Å². The van der Waals surface area contributed by atoms with Gasteiger partial charge in [-0.3, -0.25) is 9.78 Å². The molecule has 1 aromatic heterocycles. The molecule has 0 spiro atoms. The molecule has 0 radical (unpaired) electrons. The first-order valence-electron chi connectivity index (χ1n) is 6.97. The molecule has 3 nitrogen and oxygen atoms in total. The normalized spacial score (nSPS) is 12.3.